The van der Waals surface area contributed by atoms with Gasteiger partial charge in [0.15, 0.2) is 0 Å². The molecule has 18 heavy (non-hydrogen) atoms. The van der Waals surface area contributed by atoms with Gasteiger partial charge < -0.3 is 4.74 Å². The molecule has 0 heterocycles. The Morgan fingerprint density at radius 2 is 1.94 bits per heavy atom. The van der Waals surface area contributed by atoms with Crippen LogP contribution < -0.4 is 4.74 Å². The summed E-state index contributed by atoms with van der Waals surface area (Å²) < 4.78 is 20.0. The van der Waals surface area contributed by atoms with Crippen molar-refractivity contribution in [3.05, 3.63) is 57.3 Å². The average Bonchev–Trinajstić information content (AvgIpc) is 2.34. The largest absolute Gasteiger partial charge is 0.455 e. The van der Waals surface area contributed by atoms with Crippen LogP contribution in [0.15, 0.2) is 40.9 Å². The lowest BCUT2D eigenvalue weighted by Gasteiger charge is -2.11. The smallest absolute Gasteiger partial charge is 0.147 e. The molecule has 0 aliphatic heterocycles. The number of rotatable bonds is 3. The molecule has 0 bridgehead atoms. The zero-order chi connectivity index (χ0) is 13.1. The predicted octanol–water partition coefficient (Wildman–Crippen LogP) is 5.77. The van der Waals surface area contributed by atoms with E-state index in [0.717, 1.165) is 4.47 Å². The fourth-order valence-corrected chi connectivity index (χ4v) is 2.19. The van der Waals surface area contributed by atoms with Gasteiger partial charge in [0, 0.05) is 10.0 Å². The molecule has 0 aromatic heterocycles. The van der Waals surface area contributed by atoms with Crippen molar-refractivity contribution < 1.29 is 9.13 Å². The summed E-state index contributed by atoms with van der Waals surface area (Å²) in [4.78, 5) is 0. The van der Waals surface area contributed by atoms with Crippen LogP contribution in [0.25, 0.3) is 0 Å². The molecule has 0 aliphatic carbocycles. The first-order valence-corrected chi connectivity index (χ1v) is 6.78. The standard InChI is InChI=1S/C13H8BrCl2FO/c14-8-4-5-10(16)13(6-8)18-12-3-1-2-11(17)9(12)7-15/h1-6H,7H2. The summed E-state index contributed by atoms with van der Waals surface area (Å²) in [5.74, 6) is 0.454. The number of hydrogen-bond donors (Lipinski definition) is 0. The summed E-state index contributed by atoms with van der Waals surface area (Å²) in [6, 6.07) is 9.76. The van der Waals surface area contributed by atoms with Crippen LogP contribution in [-0.4, -0.2) is 0 Å². The van der Waals surface area contributed by atoms with Gasteiger partial charge in [-0.15, -0.1) is 11.6 Å². The van der Waals surface area contributed by atoms with Crippen LogP contribution in [0.4, 0.5) is 4.39 Å². The lowest BCUT2D eigenvalue weighted by molar-refractivity contribution is 0.470. The molecule has 0 aliphatic rings. The van der Waals surface area contributed by atoms with Crippen molar-refractivity contribution in [1.82, 2.24) is 0 Å². The third-order valence-corrected chi connectivity index (χ3v) is 3.40. The molecule has 0 N–H and O–H groups in total. The Morgan fingerprint density at radius 1 is 1.17 bits per heavy atom. The van der Waals surface area contributed by atoms with E-state index in [4.69, 9.17) is 27.9 Å². The first kappa shape index (κ1) is 13.7. The number of hydrogen-bond acceptors (Lipinski definition) is 1. The van der Waals surface area contributed by atoms with Gasteiger partial charge in [-0.1, -0.05) is 33.6 Å². The molecule has 0 unspecified atom stereocenters. The van der Waals surface area contributed by atoms with E-state index in [-0.39, 0.29) is 5.88 Å². The van der Waals surface area contributed by atoms with Crippen molar-refractivity contribution in [1.29, 1.82) is 0 Å². The van der Waals surface area contributed by atoms with Crippen molar-refractivity contribution in [2.24, 2.45) is 0 Å². The minimum Gasteiger partial charge on any atom is -0.455 e. The highest BCUT2D eigenvalue weighted by Gasteiger charge is 2.11. The van der Waals surface area contributed by atoms with E-state index in [2.05, 4.69) is 15.9 Å². The monoisotopic (exact) mass is 348 g/mol. The van der Waals surface area contributed by atoms with Crippen LogP contribution in [0, 0.1) is 5.82 Å². The Labute approximate surface area is 123 Å². The molecule has 2 aromatic carbocycles. The van der Waals surface area contributed by atoms with Crippen molar-refractivity contribution in [2.45, 2.75) is 5.88 Å². The molecule has 0 atom stereocenters. The van der Waals surface area contributed by atoms with E-state index in [9.17, 15) is 4.39 Å². The van der Waals surface area contributed by atoms with E-state index >= 15 is 0 Å². The summed E-state index contributed by atoms with van der Waals surface area (Å²) in [6.07, 6.45) is 0. The number of halogens is 4. The SMILES string of the molecule is Fc1cccc(Oc2cc(Br)ccc2Cl)c1CCl. The minimum atomic E-state index is -0.395. The van der Waals surface area contributed by atoms with Crippen LogP contribution in [0.5, 0.6) is 11.5 Å². The first-order chi connectivity index (χ1) is 8.61. The summed E-state index contributed by atoms with van der Waals surface area (Å²) in [5, 5.41) is 0.447. The molecule has 0 saturated heterocycles. The van der Waals surface area contributed by atoms with E-state index in [1.54, 1.807) is 30.3 Å². The van der Waals surface area contributed by atoms with Gasteiger partial charge in [-0.05, 0) is 30.3 Å². The predicted molar refractivity (Wildman–Crippen MR) is 75.2 cm³/mol. The Bertz CT molecular complexity index is 575. The van der Waals surface area contributed by atoms with E-state index in [1.807, 2.05) is 0 Å². The molecule has 5 heteroatoms. The van der Waals surface area contributed by atoms with E-state index < -0.39 is 5.82 Å². The minimum absolute atomic E-state index is 0.0353. The summed E-state index contributed by atoms with van der Waals surface area (Å²) in [5.41, 5.74) is 0.315. The van der Waals surface area contributed by atoms with Gasteiger partial charge in [0.25, 0.3) is 0 Å². The van der Waals surface area contributed by atoms with Crippen molar-refractivity contribution in [3.8, 4) is 11.5 Å². The lowest BCUT2D eigenvalue weighted by atomic mass is 10.2. The molecule has 0 amide bonds. The second kappa shape index (κ2) is 5.91. The van der Waals surface area contributed by atoms with Gasteiger partial charge >= 0.3 is 0 Å². The topological polar surface area (TPSA) is 9.23 Å². The second-order valence-electron chi connectivity index (χ2n) is 3.53. The van der Waals surface area contributed by atoms with Gasteiger partial charge in [0.05, 0.1) is 10.9 Å². The maximum atomic E-state index is 13.5. The van der Waals surface area contributed by atoms with Gasteiger partial charge in [-0.25, -0.2) is 4.39 Å². The quantitative estimate of drug-likeness (QED) is 0.639. The summed E-state index contributed by atoms with van der Waals surface area (Å²) in [7, 11) is 0. The zero-order valence-electron chi connectivity index (χ0n) is 9.09. The fourth-order valence-electron chi connectivity index (χ4n) is 1.44. The molecule has 2 aromatic rings. The molecule has 94 valence electrons. The average molecular weight is 350 g/mol. The van der Waals surface area contributed by atoms with Gasteiger partial charge in [0.2, 0.25) is 0 Å². The van der Waals surface area contributed by atoms with Crippen molar-refractivity contribution in [3.63, 3.8) is 0 Å². The maximum absolute atomic E-state index is 13.5. The van der Waals surface area contributed by atoms with Crippen molar-refractivity contribution in [2.75, 3.05) is 0 Å². The second-order valence-corrected chi connectivity index (χ2v) is 5.12. The summed E-state index contributed by atoms with van der Waals surface area (Å²) >= 11 is 15.0. The number of alkyl halides is 1. The lowest BCUT2D eigenvalue weighted by Crippen LogP contribution is -1.93. The number of benzene rings is 2. The molecular formula is C13H8BrCl2FO. The van der Waals surface area contributed by atoms with E-state index in [0.29, 0.717) is 22.1 Å². The third-order valence-electron chi connectivity index (χ3n) is 2.32. The van der Waals surface area contributed by atoms with Crippen molar-refractivity contribution >= 4 is 39.1 Å². The number of ether oxygens (including phenoxy) is 1. The molecule has 1 nitrogen and oxygen atoms in total. The van der Waals surface area contributed by atoms with Gasteiger partial charge in [-0.2, -0.15) is 0 Å². The first-order valence-electron chi connectivity index (χ1n) is 5.08. The Hall–Kier alpha value is -0.770. The fraction of sp³-hybridized carbons (Fsp3) is 0.0769. The zero-order valence-corrected chi connectivity index (χ0v) is 12.2. The molecule has 0 saturated carbocycles. The maximum Gasteiger partial charge on any atom is 0.147 e. The highest BCUT2D eigenvalue weighted by molar-refractivity contribution is 9.10. The molecular weight excluding hydrogens is 342 g/mol. The molecule has 0 radical (unpaired) electrons. The molecule has 2 rings (SSSR count). The highest BCUT2D eigenvalue weighted by atomic mass is 79.9. The normalized spacial score (nSPS) is 10.4. The van der Waals surface area contributed by atoms with Gasteiger partial charge in [0.1, 0.15) is 17.3 Å². The Kier molecular flexibility index (Phi) is 4.49. The van der Waals surface area contributed by atoms with Crippen LogP contribution >= 0.6 is 39.1 Å². The third kappa shape index (κ3) is 2.97. The Morgan fingerprint density at radius 3 is 2.67 bits per heavy atom. The van der Waals surface area contributed by atoms with Crippen LogP contribution in [0.2, 0.25) is 5.02 Å². The van der Waals surface area contributed by atoms with Crippen LogP contribution in [0.1, 0.15) is 5.56 Å². The highest BCUT2D eigenvalue weighted by Crippen LogP contribution is 2.34. The van der Waals surface area contributed by atoms with Crippen LogP contribution in [-0.2, 0) is 5.88 Å². The van der Waals surface area contributed by atoms with Gasteiger partial charge in [-0.3, -0.25) is 0 Å². The molecule has 0 spiro atoms. The van der Waals surface area contributed by atoms with Crippen LogP contribution in [0.3, 0.4) is 0 Å². The Balaban J connectivity index is 2.40. The summed E-state index contributed by atoms with van der Waals surface area (Å²) in [6.45, 7) is 0. The van der Waals surface area contributed by atoms with E-state index in [1.165, 1.54) is 6.07 Å². The molecule has 0 fully saturated rings.